The molecule has 0 spiro atoms. The fraction of sp³-hybridized carbons (Fsp3) is 0.714. The minimum Gasteiger partial charge on any atom is -0.356 e. The molecule has 0 bridgehead atoms. The number of thiazole rings is 1. The SMILES string of the molecule is CN=C(NCc1nc(C(C)C)cs1)NCC1CCS(=O)(=O)C1. The van der Waals surface area contributed by atoms with Crippen molar-refractivity contribution in [3.8, 4) is 0 Å². The van der Waals surface area contributed by atoms with Crippen LogP contribution < -0.4 is 10.6 Å². The zero-order chi connectivity index (χ0) is 16.2. The van der Waals surface area contributed by atoms with E-state index < -0.39 is 9.84 Å². The molecule has 1 atom stereocenters. The van der Waals surface area contributed by atoms with Crippen molar-refractivity contribution in [2.45, 2.75) is 32.7 Å². The zero-order valence-corrected chi connectivity index (χ0v) is 14.9. The van der Waals surface area contributed by atoms with Crippen molar-refractivity contribution < 1.29 is 8.42 Å². The molecule has 6 nitrogen and oxygen atoms in total. The second-order valence-corrected chi connectivity index (χ2v) is 9.07. The van der Waals surface area contributed by atoms with Crippen LogP contribution >= 0.6 is 11.3 Å². The average Bonchev–Trinajstić information content (AvgIpc) is 3.05. The predicted molar refractivity (Wildman–Crippen MR) is 91.2 cm³/mol. The lowest BCUT2D eigenvalue weighted by molar-refractivity contribution is 0.567. The number of aromatic nitrogens is 1. The second-order valence-electron chi connectivity index (χ2n) is 5.90. The van der Waals surface area contributed by atoms with E-state index in [4.69, 9.17) is 0 Å². The first kappa shape index (κ1) is 17.2. The maximum atomic E-state index is 11.4. The summed E-state index contributed by atoms with van der Waals surface area (Å²) in [6.45, 7) is 5.51. The van der Waals surface area contributed by atoms with E-state index in [0.717, 1.165) is 17.1 Å². The topological polar surface area (TPSA) is 83.4 Å². The van der Waals surface area contributed by atoms with E-state index in [1.807, 2.05) is 0 Å². The van der Waals surface area contributed by atoms with Gasteiger partial charge in [-0.25, -0.2) is 13.4 Å². The van der Waals surface area contributed by atoms with Gasteiger partial charge in [0.25, 0.3) is 0 Å². The normalized spacial score (nSPS) is 21.3. The highest BCUT2D eigenvalue weighted by Crippen LogP contribution is 2.18. The lowest BCUT2D eigenvalue weighted by Crippen LogP contribution is -2.39. The molecule has 0 aliphatic carbocycles. The first-order valence-electron chi connectivity index (χ1n) is 7.49. The van der Waals surface area contributed by atoms with E-state index in [2.05, 4.69) is 39.8 Å². The number of nitrogens with one attached hydrogen (secondary N) is 2. The van der Waals surface area contributed by atoms with Crippen molar-refractivity contribution in [1.29, 1.82) is 0 Å². The lowest BCUT2D eigenvalue weighted by Gasteiger charge is -2.13. The number of guanidine groups is 1. The van der Waals surface area contributed by atoms with Crippen LogP contribution in [0.4, 0.5) is 0 Å². The van der Waals surface area contributed by atoms with Gasteiger partial charge in [0.05, 0.1) is 23.7 Å². The van der Waals surface area contributed by atoms with Crippen LogP contribution in [0, 0.1) is 5.92 Å². The molecule has 124 valence electrons. The monoisotopic (exact) mass is 344 g/mol. The smallest absolute Gasteiger partial charge is 0.191 e. The van der Waals surface area contributed by atoms with Gasteiger partial charge >= 0.3 is 0 Å². The summed E-state index contributed by atoms with van der Waals surface area (Å²) in [6, 6.07) is 0. The van der Waals surface area contributed by atoms with Crippen molar-refractivity contribution in [2.24, 2.45) is 10.9 Å². The number of aliphatic imine (C=N–C) groups is 1. The van der Waals surface area contributed by atoms with Gasteiger partial charge in [0, 0.05) is 19.0 Å². The van der Waals surface area contributed by atoms with Gasteiger partial charge in [-0.3, -0.25) is 4.99 Å². The molecule has 1 unspecified atom stereocenters. The van der Waals surface area contributed by atoms with Gasteiger partial charge < -0.3 is 10.6 Å². The van der Waals surface area contributed by atoms with Crippen LogP contribution in [0.1, 0.15) is 36.9 Å². The number of hydrogen-bond acceptors (Lipinski definition) is 5. The molecule has 1 aliphatic heterocycles. The van der Waals surface area contributed by atoms with Crippen molar-refractivity contribution in [1.82, 2.24) is 15.6 Å². The van der Waals surface area contributed by atoms with Crippen molar-refractivity contribution in [3.63, 3.8) is 0 Å². The first-order chi connectivity index (χ1) is 10.4. The summed E-state index contributed by atoms with van der Waals surface area (Å²) >= 11 is 1.64. The van der Waals surface area contributed by atoms with Crippen LogP contribution in [0.2, 0.25) is 0 Å². The molecule has 0 radical (unpaired) electrons. The summed E-state index contributed by atoms with van der Waals surface area (Å²) in [6.07, 6.45) is 0.733. The fourth-order valence-corrected chi connectivity index (χ4v) is 5.08. The molecule has 8 heteroatoms. The molecule has 2 heterocycles. The van der Waals surface area contributed by atoms with Gasteiger partial charge in [-0.2, -0.15) is 0 Å². The van der Waals surface area contributed by atoms with Crippen LogP contribution in [0.15, 0.2) is 10.4 Å². The van der Waals surface area contributed by atoms with Crippen LogP contribution in [0.5, 0.6) is 0 Å². The summed E-state index contributed by atoms with van der Waals surface area (Å²) < 4.78 is 22.9. The number of sulfone groups is 1. The average molecular weight is 345 g/mol. The largest absolute Gasteiger partial charge is 0.356 e. The molecule has 22 heavy (non-hydrogen) atoms. The molecule has 0 amide bonds. The van der Waals surface area contributed by atoms with E-state index in [-0.39, 0.29) is 11.7 Å². The molecule has 1 fully saturated rings. The maximum absolute atomic E-state index is 11.4. The highest BCUT2D eigenvalue weighted by molar-refractivity contribution is 7.91. The third-order valence-corrected chi connectivity index (χ3v) is 6.38. The number of hydrogen-bond donors (Lipinski definition) is 2. The Morgan fingerprint density at radius 2 is 2.27 bits per heavy atom. The molecule has 1 aromatic heterocycles. The Morgan fingerprint density at radius 1 is 1.50 bits per heavy atom. The minimum atomic E-state index is -2.82. The maximum Gasteiger partial charge on any atom is 0.191 e. The summed E-state index contributed by atoms with van der Waals surface area (Å²) in [5.74, 6) is 1.89. The summed E-state index contributed by atoms with van der Waals surface area (Å²) in [7, 11) is -1.11. The summed E-state index contributed by atoms with van der Waals surface area (Å²) in [4.78, 5) is 8.73. The van der Waals surface area contributed by atoms with Gasteiger partial charge in [0.2, 0.25) is 0 Å². The van der Waals surface area contributed by atoms with E-state index >= 15 is 0 Å². The summed E-state index contributed by atoms with van der Waals surface area (Å²) in [5, 5.41) is 9.53. The molecule has 0 saturated carbocycles. The third kappa shape index (κ3) is 4.95. The van der Waals surface area contributed by atoms with Crippen LogP contribution in [0.25, 0.3) is 0 Å². The molecule has 1 saturated heterocycles. The van der Waals surface area contributed by atoms with E-state index in [9.17, 15) is 8.42 Å². The van der Waals surface area contributed by atoms with Gasteiger partial charge in [0.15, 0.2) is 15.8 Å². The molecular weight excluding hydrogens is 320 g/mol. The Labute approximate surface area is 136 Å². The van der Waals surface area contributed by atoms with Crippen LogP contribution in [-0.2, 0) is 16.4 Å². The van der Waals surface area contributed by atoms with Crippen LogP contribution in [-0.4, -0.2) is 44.5 Å². The highest BCUT2D eigenvalue weighted by Gasteiger charge is 2.27. The lowest BCUT2D eigenvalue weighted by atomic mass is 10.1. The highest BCUT2D eigenvalue weighted by atomic mass is 32.2. The van der Waals surface area contributed by atoms with E-state index in [1.54, 1.807) is 18.4 Å². The number of rotatable bonds is 5. The van der Waals surface area contributed by atoms with Gasteiger partial charge in [-0.15, -0.1) is 11.3 Å². The summed E-state index contributed by atoms with van der Waals surface area (Å²) in [5.41, 5.74) is 1.11. The van der Waals surface area contributed by atoms with Crippen molar-refractivity contribution in [3.05, 3.63) is 16.1 Å². The Hall–Kier alpha value is -1.15. The Kier molecular flexibility index (Phi) is 5.80. The molecular formula is C14H24N4O2S2. The first-order valence-corrected chi connectivity index (χ1v) is 10.2. The van der Waals surface area contributed by atoms with E-state index in [0.29, 0.717) is 30.7 Å². The van der Waals surface area contributed by atoms with E-state index in [1.165, 1.54) is 0 Å². The van der Waals surface area contributed by atoms with Crippen molar-refractivity contribution >= 4 is 27.1 Å². The standard InChI is InChI=1S/C14H24N4O2S2/c1-10(2)12-8-21-13(18-12)7-17-14(15-3)16-6-11-4-5-22(19,20)9-11/h8,10-11H,4-7,9H2,1-3H3,(H2,15,16,17). The molecule has 2 N–H and O–H groups in total. The Balaban J connectivity index is 1.78. The number of nitrogens with zero attached hydrogens (tertiary/aromatic N) is 2. The second kappa shape index (κ2) is 7.41. The quantitative estimate of drug-likeness (QED) is 0.622. The van der Waals surface area contributed by atoms with Gasteiger partial charge in [-0.05, 0) is 18.3 Å². The van der Waals surface area contributed by atoms with Crippen LogP contribution in [0.3, 0.4) is 0 Å². The molecule has 0 aromatic carbocycles. The zero-order valence-electron chi connectivity index (χ0n) is 13.3. The molecule has 1 aromatic rings. The Morgan fingerprint density at radius 3 is 2.82 bits per heavy atom. The van der Waals surface area contributed by atoms with Gasteiger partial charge in [0.1, 0.15) is 5.01 Å². The van der Waals surface area contributed by atoms with Gasteiger partial charge in [-0.1, -0.05) is 13.8 Å². The fourth-order valence-electron chi connectivity index (χ4n) is 2.33. The third-order valence-electron chi connectivity index (χ3n) is 3.68. The molecule has 2 rings (SSSR count). The minimum absolute atomic E-state index is 0.177. The van der Waals surface area contributed by atoms with Crippen molar-refractivity contribution in [2.75, 3.05) is 25.1 Å². The predicted octanol–water partition coefficient (Wildman–Crippen LogP) is 1.37. The Bertz CT molecular complexity index is 623. The molecule has 1 aliphatic rings.